The van der Waals surface area contributed by atoms with E-state index >= 15 is 0 Å². The van der Waals surface area contributed by atoms with Gasteiger partial charge < -0.3 is 10.4 Å². The SMILES string of the molecule is C#CC(CCC)NC(=O)CC(CC)(CC)C(=O)O. The minimum atomic E-state index is -0.977. The minimum Gasteiger partial charge on any atom is -0.481 e. The van der Waals surface area contributed by atoms with Gasteiger partial charge in [-0.05, 0) is 19.3 Å². The topological polar surface area (TPSA) is 66.4 Å². The first kappa shape index (κ1) is 16.5. The smallest absolute Gasteiger partial charge is 0.310 e. The zero-order valence-electron chi connectivity index (χ0n) is 11.5. The molecule has 1 amide bonds. The van der Waals surface area contributed by atoms with Crippen molar-refractivity contribution in [3.63, 3.8) is 0 Å². The molecule has 0 radical (unpaired) electrons. The first-order valence-corrected chi connectivity index (χ1v) is 6.44. The van der Waals surface area contributed by atoms with Crippen LogP contribution in [-0.4, -0.2) is 23.0 Å². The average molecular weight is 253 g/mol. The lowest BCUT2D eigenvalue weighted by Gasteiger charge is -2.26. The van der Waals surface area contributed by atoms with Crippen LogP contribution < -0.4 is 5.32 Å². The van der Waals surface area contributed by atoms with Crippen molar-refractivity contribution in [1.29, 1.82) is 0 Å². The third-order valence-corrected chi connectivity index (χ3v) is 3.42. The molecule has 0 fully saturated rings. The molecular weight excluding hydrogens is 230 g/mol. The summed E-state index contributed by atoms with van der Waals surface area (Å²) in [5, 5.41) is 12.0. The standard InChI is InChI=1S/C14H23NO3/c1-5-9-11(6-2)15-12(16)10-14(7-3,8-4)13(17)18/h2,11H,5,7-10H2,1,3-4H3,(H,15,16)(H,17,18). The highest BCUT2D eigenvalue weighted by atomic mass is 16.4. The summed E-state index contributed by atoms with van der Waals surface area (Å²) in [6, 6.07) is -0.303. The Balaban J connectivity index is 4.62. The van der Waals surface area contributed by atoms with Crippen molar-refractivity contribution in [1.82, 2.24) is 5.32 Å². The molecule has 102 valence electrons. The van der Waals surface area contributed by atoms with Gasteiger partial charge in [-0.3, -0.25) is 9.59 Å². The van der Waals surface area contributed by atoms with Gasteiger partial charge in [-0.25, -0.2) is 0 Å². The largest absolute Gasteiger partial charge is 0.481 e. The Morgan fingerprint density at radius 1 is 1.33 bits per heavy atom. The summed E-state index contributed by atoms with van der Waals surface area (Å²) >= 11 is 0. The second-order valence-electron chi connectivity index (χ2n) is 4.54. The van der Waals surface area contributed by atoms with Gasteiger partial charge in [0.25, 0.3) is 0 Å². The Hall–Kier alpha value is -1.50. The second-order valence-corrected chi connectivity index (χ2v) is 4.54. The molecule has 4 nitrogen and oxygen atoms in total. The predicted octanol–water partition coefficient (Wildman–Crippen LogP) is 2.19. The molecule has 0 aromatic carbocycles. The maximum atomic E-state index is 11.9. The molecule has 0 aliphatic rings. The quantitative estimate of drug-likeness (QED) is 0.652. The summed E-state index contributed by atoms with van der Waals surface area (Å²) in [4.78, 5) is 23.1. The van der Waals surface area contributed by atoms with E-state index in [0.717, 1.165) is 6.42 Å². The lowest BCUT2D eigenvalue weighted by atomic mass is 9.79. The maximum Gasteiger partial charge on any atom is 0.310 e. The number of hydrogen-bond donors (Lipinski definition) is 2. The number of nitrogens with one attached hydrogen (secondary N) is 1. The zero-order valence-corrected chi connectivity index (χ0v) is 11.5. The number of carboxylic acid groups (broad SMARTS) is 1. The molecule has 0 spiro atoms. The third-order valence-electron chi connectivity index (χ3n) is 3.42. The first-order valence-electron chi connectivity index (χ1n) is 6.44. The Morgan fingerprint density at radius 2 is 1.89 bits per heavy atom. The van der Waals surface area contributed by atoms with Crippen LogP contribution >= 0.6 is 0 Å². The number of carboxylic acids is 1. The molecular formula is C14H23NO3. The molecule has 0 saturated carbocycles. The summed E-state index contributed by atoms with van der Waals surface area (Å²) < 4.78 is 0. The van der Waals surface area contributed by atoms with Gasteiger partial charge in [0.1, 0.15) is 0 Å². The van der Waals surface area contributed by atoms with Crippen LogP contribution in [0.3, 0.4) is 0 Å². The normalized spacial score (nSPS) is 12.6. The number of hydrogen-bond acceptors (Lipinski definition) is 2. The van der Waals surface area contributed by atoms with Crippen LogP contribution in [0.25, 0.3) is 0 Å². The fourth-order valence-electron chi connectivity index (χ4n) is 1.92. The van der Waals surface area contributed by atoms with Crippen LogP contribution in [0.1, 0.15) is 52.9 Å². The molecule has 1 unspecified atom stereocenters. The predicted molar refractivity (Wildman–Crippen MR) is 70.9 cm³/mol. The van der Waals surface area contributed by atoms with Gasteiger partial charge in [-0.2, -0.15) is 0 Å². The fraction of sp³-hybridized carbons (Fsp3) is 0.714. The number of rotatable bonds is 8. The third kappa shape index (κ3) is 4.40. The van der Waals surface area contributed by atoms with Crippen LogP contribution in [0.15, 0.2) is 0 Å². The number of carbonyl (C=O) groups excluding carboxylic acids is 1. The molecule has 1 atom stereocenters. The zero-order chi connectivity index (χ0) is 14.2. The van der Waals surface area contributed by atoms with E-state index in [2.05, 4.69) is 11.2 Å². The van der Waals surface area contributed by atoms with E-state index in [1.165, 1.54) is 0 Å². The van der Waals surface area contributed by atoms with E-state index in [1.54, 1.807) is 13.8 Å². The molecule has 0 aromatic rings. The highest BCUT2D eigenvalue weighted by molar-refractivity contribution is 5.85. The van der Waals surface area contributed by atoms with Crippen molar-refractivity contribution in [2.24, 2.45) is 5.41 Å². The Bertz CT molecular complexity index is 326. The molecule has 0 bridgehead atoms. The fourth-order valence-corrected chi connectivity index (χ4v) is 1.92. The van der Waals surface area contributed by atoms with Crippen LogP contribution in [0, 0.1) is 17.8 Å². The van der Waals surface area contributed by atoms with Crippen LogP contribution in [-0.2, 0) is 9.59 Å². The molecule has 0 aliphatic carbocycles. The van der Waals surface area contributed by atoms with Crippen molar-refractivity contribution in [2.45, 2.75) is 58.9 Å². The first-order chi connectivity index (χ1) is 8.45. The van der Waals surface area contributed by atoms with Crippen LogP contribution in [0.2, 0.25) is 0 Å². The van der Waals surface area contributed by atoms with E-state index in [-0.39, 0.29) is 18.4 Å². The Kier molecular flexibility index (Phi) is 7.11. The minimum absolute atomic E-state index is 0.0166. The molecule has 0 aliphatic heterocycles. The molecule has 0 aromatic heterocycles. The van der Waals surface area contributed by atoms with Gasteiger partial charge in [0.15, 0.2) is 0 Å². The second kappa shape index (κ2) is 7.75. The summed E-state index contributed by atoms with van der Waals surface area (Å²) in [6.45, 7) is 5.56. The van der Waals surface area contributed by atoms with Crippen molar-refractivity contribution in [3.05, 3.63) is 0 Å². The molecule has 0 heterocycles. The summed E-state index contributed by atoms with van der Waals surface area (Å²) in [7, 11) is 0. The molecule has 0 saturated heterocycles. The number of carbonyl (C=O) groups is 2. The van der Waals surface area contributed by atoms with E-state index in [1.807, 2.05) is 6.92 Å². The van der Waals surface area contributed by atoms with Gasteiger partial charge in [0.2, 0.25) is 5.91 Å². The van der Waals surface area contributed by atoms with Gasteiger partial charge >= 0.3 is 5.97 Å². The van der Waals surface area contributed by atoms with Crippen molar-refractivity contribution >= 4 is 11.9 Å². The van der Waals surface area contributed by atoms with Gasteiger partial charge in [-0.15, -0.1) is 6.42 Å². The Morgan fingerprint density at radius 3 is 2.22 bits per heavy atom. The van der Waals surface area contributed by atoms with Gasteiger partial charge in [-0.1, -0.05) is 33.1 Å². The summed E-state index contributed by atoms with van der Waals surface area (Å²) in [6.07, 6.45) is 7.75. The molecule has 4 heteroatoms. The lowest BCUT2D eigenvalue weighted by molar-refractivity contribution is -0.152. The van der Waals surface area contributed by atoms with Crippen molar-refractivity contribution in [2.75, 3.05) is 0 Å². The van der Waals surface area contributed by atoms with E-state index in [9.17, 15) is 14.7 Å². The summed E-state index contributed by atoms with van der Waals surface area (Å²) in [5.41, 5.74) is -0.977. The van der Waals surface area contributed by atoms with Crippen molar-refractivity contribution < 1.29 is 14.7 Å². The monoisotopic (exact) mass is 253 g/mol. The molecule has 0 rings (SSSR count). The van der Waals surface area contributed by atoms with Gasteiger partial charge in [0.05, 0.1) is 11.5 Å². The number of amides is 1. The van der Waals surface area contributed by atoms with E-state index in [0.29, 0.717) is 19.3 Å². The highest BCUT2D eigenvalue weighted by Crippen LogP contribution is 2.30. The van der Waals surface area contributed by atoms with E-state index in [4.69, 9.17) is 6.42 Å². The highest BCUT2D eigenvalue weighted by Gasteiger charge is 2.37. The number of aliphatic carboxylic acids is 1. The van der Waals surface area contributed by atoms with Crippen LogP contribution in [0.5, 0.6) is 0 Å². The lowest BCUT2D eigenvalue weighted by Crippen LogP contribution is -2.40. The summed E-state index contributed by atoms with van der Waals surface area (Å²) in [5.74, 6) is 1.30. The molecule has 18 heavy (non-hydrogen) atoms. The number of terminal acetylenes is 1. The van der Waals surface area contributed by atoms with Crippen molar-refractivity contribution in [3.8, 4) is 12.3 Å². The average Bonchev–Trinajstić information content (AvgIpc) is 2.35. The van der Waals surface area contributed by atoms with Crippen LogP contribution in [0.4, 0.5) is 0 Å². The van der Waals surface area contributed by atoms with Gasteiger partial charge in [0, 0.05) is 6.42 Å². The molecule has 2 N–H and O–H groups in total. The maximum absolute atomic E-state index is 11.9. The van der Waals surface area contributed by atoms with E-state index < -0.39 is 11.4 Å². The Labute approximate surface area is 109 Å².